The van der Waals surface area contributed by atoms with E-state index in [1.807, 2.05) is 0 Å². The van der Waals surface area contributed by atoms with Crippen LogP contribution >= 0.6 is 0 Å². The third kappa shape index (κ3) is 7.59. The van der Waals surface area contributed by atoms with Gasteiger partial charge in [-0.3, -0.25) is 0 Å². The zero-order valence-corrected chi connectivity index (χ0v) is 15.8. The molecule has 4 unspecified atom stereocenters. The fraction of sp³-hybridized carbons (Fsp3) is 1.00. The van der Waals surface area contributed by atoms with Gasteiger partial charge in [0.25, 0.3) is 0 Å². The van der Waals surface area contributed by atoms with Crippen LogP contribution in [0.4, 0.5) is 0 Å². The first-order chi connectivity index (χ1) is 11.3. The molecule has 1 nitrogen and oxygen atoms in total. The standard InChI is InChI=1S/C22H42O/c1-2-3-4-5-6-7-8-9-10-11-12-19-13-14-21-18-22(23)16-15-20(21)17-19/h19-23H,2-18H2,1H3. The van der Waals surface area contributed by atoms with E-state index < -0.39 is 0 Å². The van der Waals surface area contributed by atoms with Crippen molar-refractivity contribution in [3.63, 3.8) is 0 Å². The van der Waals surface area contributed by atoms with Crippen LogP contribution in [-0.2, 0) is 0 Å². The largest absolute Gasteiger partial charge is 0.393 e. The van der Waals surface area contributed by atoms with Crippen LogP contribution in [0.2, 0.25) is 0 Å². The van der Waals surface area contributed by atoms with Gasteiger partial charge in [-0.1, -0.05) is 84.0 Å². The molecule has 0 heterocycles. The lowest BCUT2D eigenvalue weighted by Crippen LogP contribution is -2.33. The van der Waals surface area contributed by atoms with Crippen LogP contribution < -0.4 is 0 Å². The number of aliphatic hydroxyl groups is 1. The van der Waals surface area contributed by atoms with Crippen molar-refractivity contribution in [2.45, 2.75) is 122 Å². The van der Waals surface area contributed by atoms with Crippen molar-refractivity contribution in [2.24, 2.45) is 17.8 Å². The topological polar surface area (TPSA) is 20.2 Å². The van der Waals surface area contributed by atoms with Crippen LogP contribution in [0.1, 0.15) is 116 Å². The Kier molecular flexibility index (Phi) is 9.65. The summed E-state index contributed by atoms with van der Waals surface area (Å²) in [5.41, 5.74) is 0. The molecular formula is C22H42O. The van der Waals surface area contributed by atoms with Gasteiger partial charge < -0.3 is 5.11 Å². The Bertz CT molecular complexity index is 288. The lowest BCUT2D eigenvalue weighted by Gasteiger charge is -2.41. The van der Waals surface area contributed by atoms with Crippen LogP contribution in [-0.4, -0.2) is 11.2 Å². The van der Waals surface area contributed by atoms with Crippen molar-refractivity contribution >= 4 is 0 Å². The van der Waals surface area contributed by atoms with Gasteiger partial charge in [-0.25, -0.2) is 0 Å². The molecule has 0 saturated heterocycles. The molecule has 0 aromatic carbocycles. The number of unbranched alkanes of at least 4 members (excludes halogenated alkanes) is 9. The van der Waals surface area contributed by atoms with E-state index in [2.05, 4.69) is 6.92 Å². The number of rotatable bonds is 11. The van der Waals surface area contributed by atoms with Crippen molar-refractivity contribution in [1.29, 1.82) is 0 Å². The van der Waals surface area contributed by atoms with Gasteiger partial charge in [0.15, 0.2) is 0 Å². The minimum absolute atomic E-state index is 0.0229. The maximum atomic E-state index is 9.82. The van der Waals surface area contributed by atoms with Crippen molar-refractivity contribution < 1.29 is 5.11 Å². The Morgan fingerprint density at radius 3 is 1.91 bits per heavy atom. The van der Waals surface area contributed by atoms with E-state index in [0.29, 0.717) is 0 Å². The van der Waals surface area contributed by atoms with Crippen LogP contribution in [0.5, 0.6) is 0 Å². The molecule has 2 fully saturated rings. The molecule has 1 N–H and O–H groups in total. The molecule has 136 valence electrons. The highest BCUT2D eigenvalue weighted by molar-refractivity contribution is 4.85. The Labute approximate surface area is 145 Å². The molecule has 0 aromatic rings. The molecule has 23 heavy (non-hydrogen) atoms. The molecule has 2 rings (SSSR count). The Hall–Kier alpha value is -0.0400. The third-order valence-corrected chi connectivity index (χ3v) is 6.66. The maximum absolute atomic E-state index is 9.82. The van der Waals surface area contributed by atoms with Crippen LogP contribution in [0.15, 0.2) is 0 Å². The van der Waals surface area contributed by atoms with E-state index in [4.69, 9.17) is 0 Å². The third-order valence-electron chi connectivity index (χ3n) is 6.66. The van der Waals surface area contributed by atoms with Crippen molar-refractivity contribution in [3.8, 4) is 0 Å². The molecule has 0 radical (unpaired) electrons. The fourth-order valence-corrected chi connectivity index (χ4v) is 5.14. The van der Waals surface area contributed by atoms with E-state index in [-0.39, 0.29) is 6.10 Å². The fourth-order valence-electron chi connectivity index (χ4n) is 5.14. The number of fused-ring (bicyclic) bond motifs is 1. The first-order valence-corrected chi connectivity index (χ1v) is 11.0. The van der Waals surface area contributed by atoms with E-state index in [9.17, 15) is 5.11 Å². The van der Waals surface area contributed by atoms with Gasteiger partial charge in [-0.2, -0.15) is 0 Å². The summed E-state index contributed by atoms with van der Waals surface area (Å²) in [6.45, 7) is 2.30. The monoisotopic (exact) mass is 322 g/mol. The lowest BCUT2D eigenvalue weighted by atomic mass is 9.66. The number of hydrogen-bond donors (Lipinski definition) is 1. The molecule has 2 saturated carbocycles. The van der Waals surface area contributed by atoms with Gasteiger partial charge in [-0.15, -0.1) is 0 Å². The van der Waals surface area contributed by atoms with E-state index in [1.54, 1.807) is 0 Å². The first kappa shape index (κ1) is 19.3. The molecule has 1 heteroatoms. The predicted octanol–water partition coefficient (Wildman–Crippen LogP) is 6.87. The summed E-state index contributed by atoms with van der Waals surface area (Å²) < 4.78 is 0. The predicted molar refractivity (Wildman–Crippen MR) is 101 cm³/mol. The van der Waals surface area contributed by atoms with E-state index in [1.165, 1.54) is 96.3 Å². The highest BCUT2D eigenvalue weighted by Gasteiger charge is 2.34. The summed E-state index contributed by atoms with van der Waals surface area (Å²) in [5.74, 6) is 2.84. The van der Waals surface area contributed by atoms with Gasteiger partial charge in [-0.05, 0) is 49.9 Å². The highest BCUT2D eigenvalue weighted by atomic mass is 16.3. The molecule has 0 amide bonds. The highest BCUT2D eigenvalue weighted by Crippen LogP contribution is 2.44. The lowest BCUT2D eigenvalue weighted by molar-refractivity contribution is 0.0337. The molecule has 0 spiro atoms. The quantitative estimate of drug-likeness (QED) is 0.411. The normalized spacial score (nSPS) is 31.0. The zero-order valence-electron chi connectivity index (χ0n) is 15.8. The zero-order chi connectivity index (χ0) is 16.3. The summed E-state index contributed by atoms with van der Waals surface area (Å²) in [6.07, 6.45) is 23.9. The summed E-state index contributed by atoms with van der Waals surface area (Å²) >= 11 is 0. The molecule has 4 atom stereocenters. The Morgan fingerprint density at radius 1 is 0.652 bits per heavy atom. The molecule has 2 aliphatic rings. The van der Waals surface area contributed by atoms with Gasteiger partial charge in [0.2, 0.25) is 0 Å². The van der Waals surface area contributed by atoms with Crippen molar-refractivity contribution in [3.05, 3.63) is 0 Å². The smallest absolute Gasteiger partial charge is 0.0543 e. The average molecular weight is 323 g/mol. The summed E-state index contributed by atoms with van der Waals surface area (Å²) in [6, 6.07) is 0. The van der Waals surface area contributed by atoms with Crippen molar-refractivity contribution in [1.82, 2.24) is 0 Å². The second kappa shape index (κ2) is 11.5. The minimum atomic E-state index is 0.0229. The molecular weight excluding hydrogens is 280 g/mol. The van der Waals surface area contributed by atoms with Gasteiger partial charge in [0, 0.05) is 0 Å². The van der Waals surface area contributed by atoms with Crippen LogP contribution in [0.3, 0.4) is 0 Å². The molecule has 0 aliphatic heterocycles. The van der Waals surface area contributed by atoms with Crippen LogP contribution in [0, 0.1) is 17.8 Å². The summed E-state index contributed by atoms with van der Waals surface area (Å²) in [5, 5.41) is 9.82. The minimum Gasteiger partial charge on any atom is -0.393 e. The first-order valence-electron chi connectivity index (χ1n) is 11.0. The average Bonchev–Trinajstić information content (AvgIpc) is 2.56. The second-order valence-corrected chi connectivity index (χ2v) is 8.64. The van der Waals surface area contributed by atoms with E-state index in [0.717, 1.165) is 30.6 Å². The second-order valence-electron chi connectivity index (χ2n) is 8.64. The number of hydrogen-bond acceptors (Lipinski definition) is 1. The summed E-state index contributed by atoms with van der Waals surface area (Å²) in [4.78, 5) is 0. The van der Waals surface area contributed by atoms with Crippen LogP contribution in [0.25, 0.3) is 0 Å². The number of aliphatic hydroxyl groups excluding tert-OH is 1. The molecule has 0 aromatic heterocycles. The SMILES string of the molecule is CCCCCCCCCCCCC1CCC2CC(O)CCC2C1. The van der Waals surface area contributed by atoms with Gasteiger partial charge in [0.1, 0.15) is 0 Å². The molecule has 2 aliphatic carbocycles. The molecule has 0 bridgehead atoms. The van der Waals surface area contributed by atoms with Gasteiger partial charge >= 0.3 is 0 Å². The summed E-state index contributed by atoms with van der Waals surface area (Å²) in [7, 11) is 0. The maximum Gasteiger partial charge on any atom is 0.0543 e. The van der Waals surface area contributed by atoms with Crippen molar-refractivity contribution in [2.75, 3.05) is 0 Å². The van der Waals surface area contributed by atoms with E-state index >= 15 is 0 Å². The Balaban J connectivity index is 1.42. The Morgan fingerprint density at radius 2 is 1.22 bits per heavy atom. The van der Waals surface area contributed by atoms with Gasteiger partial charge in [0.05, 0.1) is 6.10 Å².